The molecule has 3 rings (SSSR count). The Labute approximate surface area is 183 Å². The van der Waals surface area contributed by atoms with E-state index in [-0.39, 0.29) is 12.2 Å². The number of ether oxygens (including phenoxy) is 2. The van der Waals surface area contributed by atoms with Crippen molar-refractivity contribution in [3.63, 3.8) is 0 Å². The van der Waals surface area contributed by atoms with Crippen molar-refractivity contribution in [2.24, 2.45) is 5.10 Å². The van der Waals surface area contributed by atoms with E-state index >= 15 is 0 Å². The molecule has 8 heteroatoms. The third-order valence-corrected chi connectivity index (χ3v) is 4.33. The number of carbonyl (C=O) groups excluding carboxylic acids is 2. The van der Waals surface area contributed by atoms with Crippen LogP contribution in [0.25, 0.3) is 0 Å². The molecule has 0 saturated heterocycles. The smallest absolute Gasteiger partial charge is 0.345 e. The van der Waals surface area contributed by atoms with Crippen LogP contribution in [0.2, 0.25) is 10.0 Å². The van der Waals surface area contributed by atoms with Crippen LogP contribution in [0.1, 0.15) is 15.9 Å². The highest BCUT2D eigenvalue weighted by Gasteiger charge is 2.12. The minimum Gasteiger partial charge on any atom is -0.484 e. The normalized spacial score (nSPS) is 10.6. The average Bonchev–Trinajstić information content (AvgIpc) is 2.74. The molecule has 0 unspecified atom stereocenters. The number of carbonyl (C=O) groups is 2. The first-order chi connectivity index (χ1) is 14.5. The standard InChI is InChI=1S/C22H16Cl2N2O4/c23-16-8-10-17(11-9-16)29-14-21(27)26-25-13-15-4-3-5-18(12-15)30-22(28)19-6-1-2-7-20(19)24/h1-13H,14H2,(H,26,27). The van der Waals surface area contributed by atoms with Crippen LogP contribution in [0.3, 0.4) is 0 Å². The SMILES string of the molecule is O=C(COc1ccc(Cl)cc1)NN=Cc1cccc(OC(=O)c2ccccc2Cl)c1. The summed E-state index contributed by atoms with van der Waals surface area (Å²) in [5.74, 6) is -0.155. The second-order valence-electron chi connectivity index (χ2n) is 5.98. The summed E-state index contributed by atoms with van der Waals surface area (Å²) in [4.78, 5) is 24.1. The number of benzene rings is 3. The third-order valence-electron chi connectivity index (χ3n) is 3.75. The summed E-state index contributed by atoms with van der Waals surface area (Å²) < 4.78 is 10.7. The Morgan fingerprint density at radius 3 is 2.47 bits per heavy atom. The van der Waals surface area contributed by atoms with E-state index in [4.69, 9.17) is 32.7 Å². The largest absolute Gasteiger partial charge is 0.484 e. The van der Waals surface area contributed by atoms with E-state index in [1.807, 2.05) is 0 Å². The summed E-state index contributed by atoms with van der Waals surface area (Å²) in [6.45, 7) is -0.200. The van der Waals surface area contributed by atoms with E-state index in [9.17, 15) is 9.59 Å². The molecule has 30 heavy (non-hydrogen) atoms. The van der Waals surface area contributed by atoms with Crippen LogP contribution < -0.4 is 14.9 Å². The quantitative estimate of drug-likeness (QED) is 0.248. The molecule has 0 fully saturated rings. The Bertz CT molecular complexity index is 1070. The molecule has 0 aliphatic carbocycles. The first-order valence-corrected chi connectivity index (χ1v) is 9.54. The van der Waals surface area contributed by atoms with Gasteiger partial charge in [0.05, 0.1) is 16.8 Å². The van der Waals surface area contributed by atoms with Gasteiger partial charge in [-0.25, -0.2) is 10.2 Å². The van der Waals surface area contributed by atoms with Crippen molar-refractivity contribution < 1.29 is 19.1 Å². The van der Waals surface area contributed by atoms with Gasteiger partial charge in [-0.1, -0.05) is 47.5 Å². The van der Waals surface area contributed by atoms with Gasteiger partial charge in [-0.2, -0.15) is 5.10 Å². The van der Waals surface area contributed by atoms with Gasteiger partial charge in [-0.15, -0.1) is 0 Å². The molecule has 0 heterocycles. The Balaban J connectivity index is 1.52. The Hall–Kier alpha value is -3.35. The van der Waals surface area contributed by atoms with Crippen LogP contribution in [-0.4, -0.2) is 24.7 Å². The highest BCUT2D eigenvalue weighted by Crippen LogP contribution is 2.19. The van der Waals surface area contributed by atoms with E-state index in [1.54, 1.807) is 72.8 Å². The molecule has 0 aliphatic rings. The zero-order valence-corrected chi connectivity index (χ0v) is 17.1. The van der Waals surface area contributed by atoms with Gasteiger partial charge in [-0.3, -0.25) is 4.79 Å². The highest BCUT2D eigenvalue weighted by atomic mass is 35.5. The Morgan fingerprint density at radius 2 is 1.70 bits per heavy atom. The maximum Gasteiger partial charge on any atom is 0.345 e. The number of hydrogen-bond donors (Lipinski definition) is 1. The molecule has 0 aliphatic heterocycles. The van der Waals surface area contributed by atoms with E-state index in [2.05, 4.69) is 10.5 Å². The lowest BCUT2D eigenvalue weighted by Gasteiger charge is -2.06. The number of nitrogens with zero attached hydrogens (tertiary/aromatic N) is 1. The van der Waals surface area contributed by atoms with Crippen molar-refractivity contribution in [2.45, 2.75) is 0 Å². The number of halogens is 2. The molecular weight excluding hydrogens is 427 g/mol. The zero-order valence-electron chi connectivity index (χ0n) is 15.5. The van der Waals surface area contributed by atoms with Crippen molar-refractivity contribution in [1.29, 1.82) is 0 Å². The van der Waals surface area contributed by atoms with Crippen LogP contribution in [0.5, 0.6) is 11.5 Å². The second kappa shape index (κ2) is 10.4. The molecule has 0 radical (unpaired) electrons. The van der Waals surface area contributed by atoms with Crippen molar-refractivity contribution in [3.05, 3.63) is 94.0 Å². The van der Waals surface area contributed by atoms with Gasteiger partial charge in [0.2, 0.25) is 0 Å². The fourth-order valence-electron chi connectivity index (χ4n) is 2.34. The van der Waals surface area contributed by atoms with Crippen LogP contribution in [-0.2, 0) is 4.79 Å². The fourth-order valence-corrected chi connectivity index (χ4v) is 2.68. The first-order valence-electron chi connectivity index (χ1n) is 8.78. The van der Waals surface area contributed by atoms with Crippen molar-refractivity contribution in [3.8, 4) is 11.5 Å². The monoisotopic (exact) mass is 442 g/mol. The van der Waals surface area contributed by atoms with Crippen molar-refractivity contribution in [1.82, 2.24) is 5.43 Å². The van der Waals surface area contributed by atoms with Gasteiger partial charge in [0, 0.05) is 5.02 Å². The fraction of sp³-hybridized carbons (Fsp3) is 0.0455. The summed E-state index contributed by atoms with van der Waals surface area (Å²) in [5, 5.41) is 4.76. The van der Waals surface area contributed by atoms with Crippen LogP contribution in [0, 0.1) is 0 Å². The number of esters is 1. The number of rotatable bonds is 7. The Morgan fingerprint density at radius 1 is 0.933 bits per heavy atom. The first kappa shape index (κ1) is 21.4. The third kappa shape index (κ3) is 6.34. The highest BCUT2D eigenvalue weighted by molar-refractivity contribution is 6.33. The van der Waals surface area contributed by atoms with Crippen LogP contribution in [0.4, 0.5) is 0 Å². The van der Waals surface area contributed by atoms with E-state index in [0.29, 0.717) is 27.1 Å². The Kier molecular flexibility index (Phi) is 7.43. The van der Waals surface area contributed by atoms with Gasteiger partial charge in [0.25, 0.3) is 5.91 Å². The lowest BCUT2D eigenvalue weighted by molar-refractivity contribution is -0.123. The summed E-state index contributed by atoms with van der Waals surface area (Å²) in [5.41, 5.74) is 3.25. The molecule has 152 valence electrons. The maximum absolute atomic E-state index is 12.2. The molecule has 6 nitrogen and oxygen atoms in total. The molecule has 3 aromatic rings. The molecule has 0 saturated carbocycles. The van der Waals surface area contributed by atoms with Gasteiger partial charge < -0.3 is 9.47 Å². The summed E-state index contributed by atoms with van der Waals surface area (Å²) >= 11 is 11.8. The minimum absolute atomic E-state index is 0.200. The lowest BCUT2D eigenvalue weighted by Crippen LogP contribution is -2.24. The van der Waals surface area contributed by atoms with Crippen LogP contribution >= 0.6 is 23.2 Å². The van der Waals surface area contributed by atoms with Gasteiger partial charge in [0.1, 0.15) is 11.5 Å². The number of amides is 1. The van der Waals surface area contributed by atoms with Crippen molar-refractivity contribution in [2.75, 3.05) is 6.61 Å². The van der Waals surface area contributed by atoms with Gasteiger partial charge in [0.15, 0.2) is 6.61 Å². The summed E-state index contributed by atoms with van der Waals surface area (Å²) in [6.07, 6.45) is 1.42. The molecule has 0 atom stereocenters. The predicted molar refractivity (Wildman–Crippen MR) is 116 cm³/mol. The maximum atomic E-state index is 12.2. The average molecular weight is 443 g/mol. The predicted octanol–water partition coefficient (Wildman–Crippen LogP) is 4.74. The molecule has 0 spiro atoms. The molecule has 1 N–H and O–H groups in total. The number of hydrogen-bond acceptors (Lipinski definition) is 5. The minimum atomic E-state index is -0.567. The second-order valence-corrected chi connectivity index (χ2v) is 6.82. The number of hydrazone groups is 1. The summed E-state index contributed by atoms with van der Waals surface area (Å²) in [6, 6.07) is 19.9. The molecule has 3 aromatic carbocycles. The molecular formula is C22H16Cl2N2O4. The van der Waals surface area contributed by atoms with Gasteiger partial charge in [-0.05, 0) is 54.1 Å². The topological polar surface area (TPSA) is 77.0 Å². The van der Waals surface area contributed by atoms with Crippen LogP contribution in [0.15, 0.2) is 77.9 Å². The molecule has 0 aromatic heterocycles. The van der Waals surface area contributed by atoms with E-state index < -0.39 is 11.9 Å². The number of nitrogens with one attached hydrogen (secondary N) is 1. The molecule has 0 bridgehead atoms. The zero-order chi connectivity index (χ0) is 21.3. The summed E-state index contributed by atoms with van der Waals surface area (Å²) in [7, 11) is 0. The molecule has 1 amide bonds. The van der Waals surface area contributed by atoms with Gasteiger partial charge >= 0.3 is 5.97 Å². The van der Waals surface area contributed by atoms with Crippen molar-refractivity contribution >= 4 is 41.3 Å². The van der Waals surface area contributed by atoms with E-state index in [1.165, 1.54) is 6.21 Å². The van der Waals surface area contributed by atoms with E-state index in [0.717, 1.165) is 0 Å². The lowest BCUT2D eigenvalue weighted by atomic mass is 10.2.